The van der Waals surface area contributed by atoms with Crippen molar-refractivity contribution < 1.29 is 31.9 Å². The van der Waals surface area contributed by atoms with Gasteiger partial charge in [0.2, 0.25) is 11.6 Å². The maximum Gasteiger partial charge on any atom is 0.394 e. The molecule has 6 nitrogen and oxygen atoms in total. The van der Waals surface area contributed by atoms with Crippen molar-refractivity contribution in [3.8, 4) is 6.07 Å². The number of ketones is 2. The van der Waals surface area contributed by atoms with Crippen molar-refractivity contribution in [2.24, 2.45) is 12.5 Å². The lowest BCUT2D eigenvalue weighted by Crippen LogP contribution is -2.46. The van der Waals surface area contributed by atoms with Gasteiger partial charge in [-0.15, -0.1) is 0 Å². The average molecular weight is 470 g/mol. The van der Waals surface area contributed by atoms with Crippen molar-refractivity contribution in [1.82, 2.24) is 4.57 Å². The van der Waals surface area contributed by atoms with Crippen LogP contribution in [0.3, 0.4) is 0 Å². The highest BCUT2D eigenvalue weighted by Crippen LogP contribution is 2.55. The first-order chi connectivity index (χ1) is 14.9. The van der Waals surface area contributed by atoms with E-state index >= 15 is 0 Å². The molecule has 0 radical (unpaired) electrons. The molecule has 1 aromatic heterocycles. The predicted octanol–water partition coefficient (Wildman–Crippen LogP) is 4.82. The summed E-state index contributed by atoms with van der Waals surface area (Å²) in [6.45, 7) is 0. The average Bonchev–Trinajstić information content (AvgIpc) is 2.98. The molecule has 168 valence electrons. The third-order valence-electron chi connectivity index (χ3n) is 5.59. The highest BCUT2D eigenvalue weighted by Gasteiger charge is 2.59. The van der Waals surface area contributed by atoms with Crippen LogP contribution in [0.5, 0.6) is 0 Å². The third-order valence-corrected chi connectivity index (χ3v) is 5.97. The lowest BCUT2D eigenvalue weighted by molar-refractivity contribution is -0.251. The number of aryl methyl sites for hydroxylation is 1. The van der Waals surface area contributed by atoms with Crippen LogP contribution in [-0.4, -0.2) is 28.2 Å². The summed E-state index contributed by atoms with van der Waals surface area (Å²) in [6.07, 6.45) is -4.64. The van der Waals surface area contributed by atoms with Gasteiger partial charge in [-0.25, -0.2) is 4.39 Å². The molecule has 11 heteroatoms. The van der Waals surface area contributed by atoms with Crippen LogP contribution in [0.1, 0.15) is 52.1 Å². The maximum absolute atomic E-state index is 13.4. The van der Waals surface area contributed by atoms with Gasteiger partial charge in [-0.1, -0.05) is 18.0 Å². The first-order valence-corrected chi connectivity index (χ1v) is 9.78. The Morgan fingerprint density at radius 1 is 1.28 bits per heavy atom. The fourth-order valence-corrected chi connectivity index (χ4v) is 3.95. The second-order valence-electron chi connectivity index (χ2n) is 7.64. The Bertz CT molecular complexity index is 1160. The molecule has 32 heavy (non-hydrogen) atoms. The van der Waals surface area contributed by atoms with Crippen molar-refractivity contribution in [3.05, 3.63) is 52.1 Å². The van der Waals surface area contributed by atoms with Crippen molar-refractivity contribution in [2.45, 2.75) is 31.9 Å². The lowest BCUT2D eigenvalue weighted by atomic mass is 9.65. The third kappa shape index (κ3) is 4.12. The number of alkyl halides is 3. The summed E-state index contributed by atoms with van der Waals surface area (Å²) < 4.78 is 54.6. The Hall–Kier alpha value is -3.19. The molecule has 1 N–H and O–H groups in total. The number of carbonyl (C=O) groups is 3. The number of nitrogens with one attached hydrogen (secondary N) is 1. The number of hydrogen-bond donors (Lipinski definition) is 1. The maximum atomic E-state index is 13.4. The van der Waals surface area contributed by atoms with E-state index in [1.54, 1.807) is 6.07 Å². The molecule has 0 unspecified atom stereocenters. The molecule has 1 aromatic carbocycles. The number of nitriles is 1. The number of hydrogen-bond acceptors (Lipinski definition) is 4. The van der Waals surface area contributed by atoms with Gasteiger partial charge in [-0.2, -0.15) is 18.4 Å². The van der Waals surface area contributed by atoms with Crippen LogP contribution in [0.2, 0.25) is 5.02 Å². The van der Waals surface area contributed by atoms with E-state index in [0.29, 0.717) is 6.42 Å². The van der Waals surface area contributed by atoms with Gasteiger partial charge in [-0.05, 0) is 31.0 Å². The zero-order chi connectivity index (χ0) is 23.8. The fraction of sp³-hybridized carbons (Fsp3) is 0.333. The first kappa shape index (κ1) is 23.5. The zero-order valence-corrected chi connectivity index (χ0v) is 17.4. The van der Waals surface area contributed by atoms with E-state index in [9.17, 15) is 31.9 Å². The van der Waals surface area contributed by atoms with Crippen molar-refractivity contribution in [3.63, 3.8) is 0 Å². The summed E-state index contributed by atoms with van der Waals surface area (Å²) in [5, 5.41) is 10.9. The number of halogens is 5. The normalized spacial score (nSPS) is 14.9. The number of nitrogens with zero attached hydrogens (tertiary/aromatic N) is 2. The molecule has 0 aliphatic heterocycles. The van der Waals surface area contributed by atoms with Gasteiger partial charge >= 0.3 is 6.18 Å². The molecule has 0 spiro atoms. The Balaban J connectivity index is 1.82. The number of Topliss-reactive ketones (excluding diaryl/α,β-unsaturated/α-hetero) is 2. The molecule has 0 saturated heterocycles. The molecule has 0 atom stereocenters. The van der Waals surface area contributed by atoms with Crippen LogP contribution >= 0.6 is 11.6 Å². The molecule has 1 saturated carbocycles. The number of anilines is 1. The summed E-state index contributed by atoms with van der Waals surface area (Å²) >= 11 is 6.13. The molecule has 1 heterocycles. The minimum Gasteiger partial charge on any atom is -0.345 e. The Kier molecular flexibility index (Phi) is 6.15. The summed E-state index contributed by atoms with van der Waals surface area (Å²) in [6, 6.07) is 4.90. The van der Waals surface area contributed by atoms with E-state index in [-0.39, 0.29) is 29.8 Å². The van der Waals surface area contributed by atoms with Crippen LogP contribution in [-0.2, 0) is 11.8 Å². The zero-order valence-electron chi connectivity index (χ0n) is 16.6. The molecule has 3 rings (SSSR count). The van der Waals surface area contributed by atoms with E-state index in [4.69, 9.17) is 16.9 Å². The van der Waals surface area contributed by atoms with Crippen molar-refractivity contribution >= 4 is 34.8 Å². The Labute approximate surface area is 184 Å². The number of aromatic nitrogens is 1. The summed E-state index contributed by atoms with van der Waals surface area (Å²) in [7, 11) is 1.36. The van der Waals surface area contributed by atoms with E-state index in [2.05, 4.69) is 5.32 Å². The lowest BCUT2D eigenvalue weighted by Gasteiger charge is -2.42. The van der Waals surface area contributed by atoms with E-state index in [1.165, 1.54) is 13.1 Å². The van der Waals surface area contributed by atoms with Gasteiger partial charge in [0.1, 0.15) is 17.6 Å². The van der Waals surface area contributed by atoms with Gasteiger partial charge in [0.05, 0.1) is 21.6 Å². The quantitative estimate of drug-likeness (QED) is 0.373. The van der Waals surface area contributed by atoms with Gasteiger partial charge in [0.25, 0.3) is 5.91 Å². The SMILES string of the molecule is Cn1cc(C(=O)C(=O)CC2(C(F)(F)F)CCC2)c(Cl)c1C(=O)Nc1ccc(F)c(C#N)c1. The van der Waals surface area contributed by atoms with Crippen molar-refractivity contribution in [2.75, 3.05) is 5.32 Å². The molecule has 2 aromatic rings. The first-order valence-electron chi connectivity index (χ1n) is 9.40. The number of rotatable bonds is 6. The minimum absolute atomic E-state index is 0.0753. The minimum atomic E-state index is -4.61. The van der Waals surface area contributed by atoms with Crippen LogP contribution in [0, 0.1) is 22.6 Å². The summed E-state index contributed by atoms with van der Waals surface area (Å²) in [5.41, 5.74) is -3.07. The standard InChI is InChI=1S/C21H16ClF4N3O3/c1-29-10-13(18(31)15(30)8-20(5-2-6-20)21(24,25)26)16(22)17(29)19(32)28-12-3-4-14(23)11(7-12)9-27/h3-4,7,10H,2,5-6,8H2,1H3,(H,28,32). The Morgan fingerprint density at radius 2 is 1.94 bits per heavy atom. The Morgan fingerprint density at radius 3 is 2.47 bits per heavy atom. The topological polar surface area (TPSA) is 92.0 Å². The van der Waals surface area contributed by atoms with Crippen LogP contribution in [0.25, 0.3) is 0 Å². The predicted molar refractivity (Wildman–Crippen MR) is 106 cm³/mol. The highest BCUT2D eigenvalue weighted by molar-refractivity contribution is 6.48. The molecular weight excluding hydrogens is 454 g/mol. The number of carbonyl (C=O) groups excluding carboxylic acids is 3. The van der Waals surface area contributed by atoms with Gasteiger partial charge < -0.3 is 9.88 Å². The molecule has 1 fully saturated rings. The van der Waals surface area contributed by atoms with Crippen molar-refractivity contribution in [1.29, 1.82) is 5.26 Å². The highest BCUT2D eigenvalue weighted by atomic mass is 35.5. The molecule has 1 amide bonds. The van der Waals surface area contributed by atoms with E-state index in [1.807, 2.05) is 0 Å². The van der Waals surface area contributed by atoms with Crippen LogP contribution in [0.4, 0.5) is 23.2 Å². The fourth-order valence-electron chi connectivity index (χ4n) is 3.60. The second kappa shape index (κ2) is 8.39. The second-order valence-corrected chi connectivity index (χ2v) is 8.02. The molecule has 0 bridgehead atoms. The monoisotopic (exact) mass is 469 g/mol. The van der Waals surface area contributed by atoms with E-state index < -0.39 is 51.9 Å². The molecular formula is C21H16ClF4N3O3. The summed E-state index contributed by atoms with van der Waals surface area (Å²) in [5.74, 6) is -4.06. The number of amides is 1. The van der Waals surface area contributed by atoms with Crippen LogP contribution in [0.15, 0.2) is 24.4 Å². The van der Waals surface area contributed by atoms with Crippen LogP contribution < -0.4 is 5.32 Å². The summed E-state index contributed by atoms with van der Waals surface area (Å²) in [4.78, 5) is 37.5. The van der Waals surface area contributed by atoms with Gasteiger partial charge in [0, 0.05) is 25.4 Å². The van der Waals surface area contributed by atoms with Gasteiger partial charge in [-0.3, -0.25) is 14.4 Å². The molecule has 1 aliphatic carbocycles. The largest absolute Gasteiger partial charge is 0.394 e. The molecule has 1 aliphatic rings. The van der Waals surface area contributed by atoms with E-state index in [0.717, 1.165) is 22.9 Å². The smallest absolute Gasteiger partial charge is 0.345 e. The van der Waals surface area contributed by atoms with Gasteiger partial charge in [0.15, 0.2) is 0 Å². The number of benzene rings is 1.